The molecule has 0 aliphatic carbocycles. The quantitative estimate of drug-likeness (QED) is 0.503. The van der Waals surface area contributed by atoms with Gasteiger partial charge in [-0.2, -0.15) is 0 Å². The molecule has 1 atom stereocenters. The van der Waals surface area contributed by atoms with Crippen molar-refractivity contribution < 1.29 is 19.5 Å². The molecule has 0 aliphatic rings. The first-order chi connectivity index (χ1) is 6.47. The number of hydrogen-bond acceptors (Lipinski definition) is 3. The van der Waals surface area contributed by atoms with E-state index in [2.05, 4.69) is 10.6 Å². The number of amides is 2. The molecule has 0 aliphatic heterocycles. The summed E-state index contributed by atoms with van der Waals surface area (Å²) in [5, 5.41) is 13.0. The van der Waals surface area contributed by atoms with Crippen molar-refractivity contribution in [1.29, 1.82) is 0 Å². The lowest BCUT2D eigenvalue weighted by Gasteiger charge is -2.12. The second-order valence-corrected chi connectivity index (χ2v) is 2.75. The molecule has 0 spiro atoms. The number of hydrogen-bond donors (Lipinski definition) is 3. The Morgan fingerprint density at radius 1 is 1.36 bits per heavy atom. The van der Waals surface area contributed by atoms with Gasteiger partial charge in [0.25, 0.3) is 0 Å². The minimum absolute atomic E-state index is 0.328. The Kier molecular flexibility index (Phi) is 5.28. The molecular weight excluding hydrogens is 188 g/mol. The van der Waals surface area contributed by atoms with Gasteiger partial charge in [-0.25, -0.2) is 0 Å². The largest absolute Gasteiger partial charge is 0.481 e. The fourth-order valence-electron chi connectivity index (χ4n) is 0.823. The Morgan fingerprint density at radius 3 is 2.36 bits per heavy atom. The Labute approximate surface area is 81.7 Å². The first-order valence-electron chi connectivity index (χ1n) is 4.26. The summed E-state index contributed by atoms with van der Waals surface area (Å²) in [6, 6.07) is -0.707. The van der Waals surface area contributed by atoms with E-state index >= 15 is 0 Å². The van der Waals surface area contributed by atoms with Crippen molar-refractivity contribution in [2.24, 2.45) is 0 Å². The highest BCUT2D eigenvalue weighted by Gasteiger charge is 2.15. The summed E-state index contributed by atoms with van der Waals surface area (Å²) < 4.78 is 0. The standard InChI is InChI=1S/C8H14N2O4/c1-3-9-8(14)5(2)10-6(11)4-7(12)13/h5H,3-4H2,1-2H3,(H,9,14)(H,10,11)(H,12,13). The van der Waals surface area contributed by atoms with Gasteiger partial charge in [0.1, 0.15) is 12.5 Å². The van der Waals surface area contributed by atoms with Crippen LogP contribution in [0, 0.1) is 0 Å². The van der Waals surface area contributed by atoms with Crippen molar-refractivity contribution in [2.45, 2.75) is 26.3 Å². The zero-order valence-corrected chi connectivity index (χ0v) is 8.16. The Hall–Kier alpha value is -1.59. The molecule has 6 heteroatoms. The second kappa shape index (κ2) is 5.95. The molecule has 80 valence electrons. The Balaban J connectivity index is 3.92. The summed E-state index contributed by atoms with van der Waals surface area (Å²) in [5.74, 6) is -2.21. The molecular formula is C8H14N2O4. The van der Waals surface area contributed by atoms with E-state index in [0.717, 1.165) is 0 Å². The SMILES string of the molecule is CCNC(=O)C(C)NC(=O)CC(=O)O. The number of carbonyl (C=O) groups excluding carboxylic acids is 2. The summed E-state index contributed by atoms with van der Waals surface area (Å²) in [6.07, 6.45) is -0.621. The Morgan fingerprint density at radius 2 is 1.93 bits per heavy atom. The zero-order chi connectivity index (χ0) is 11.1. The summed E-state index contributed by atoms with van der Waals surface area (Å²) in [6.45, 7) is 3.71. The molecule has 2 amide bonds. The van der Waals surface area contributed by atoms with Gasteiger partial charge < -0.3 is 15.7 Å². The van der Waals surface area contributed by atoms with Crippen LogP contribution >= 0.6 is 0 Å². The van der Waals surface area contributed by atoms with Crippen molar-refractivity contribution in [2.75, 3.05) is 6.54 Å². The van der Waals surface area contributed by atoms with Crippen LogP contribution in [0.3, 0.4) is 0 Å². The van der Waals surface area contributed by atoms with Crippen LogP contribution in [0.25, 0.3) is 0 Å². The minimum atomic E-state index is -1.22. The highest BCUT2D eigenvalue weighted by molar-refractivity contribution is 5.95. The van der Waals surface area contributed by atoms with E-state index < -0.39 is 24.3 Å². The predicted octanol–water partition coefficient (Wildman–Crippen LogP) is -0.898. The normalized spacial score (nSPS) is 11.6. The third-order valence-corrected chi connectivity index (χ3v) is 1.43. The maximum atomic E-state index is 11.1. The molecule has 1 unspecified atom stereocenters. The topological polar surface area (TPSA) is 95.5 Å². The van der Waals surface area contributed by atoms with Gasteiger partial charge in [-0.1, -0.05) is 0 Å². The molecule has 0 saturated carbocycles. The molecule has 0 bridgehead atoms. The molecule has 0 radical (unpaired) electrons. The number of aliphatic carboxylic acids is 1. The Bertz CT molecular complexity index is 239. The molecule has 0 saturated heterocycles. The van der Waals surface area contributed by atoms with E-state index in [-0.39, 0.29) is 5.91 Å². The zero-order valence-electron chi connectivity index (χ0n) is 8.16. The van der Waals surface area contributed by atoms with Crippen LogP contribution in [0.1, 0.15) is 20.3 Å². The average Bonchev–Trinajstić information content (AvgIpc) is 2.02. The smallest absolute Gasteiger partial charge is 0.312 e. The van der Waals surface area contributed by atoms with Gasteiger partial charge in [-0.3, -0.25) is 14.4 Å². The summed E-state index contributed by atoms with van der Waals surface area (Å²) in [7, 11) is 0. The van der Waals surface area contributed by atoms with Gasteiger partial charge in [0.15, 0.2) is 0 Å². The maximum Gasteiger partial charge on any atom is 0.312 e. The molecule has 0 aromatic rings. The molecule has 14 heavy (non-hydrogen) atoms. The molecule has 6 nitrogen and oxygen atoms in total. The van der Waals surface area contributed by atoms with Crippen LogP contribution in [-0.2, 0) is 14.4 Å². The number of likely N-dealkylation sites (N-methyl/N-ethyl adjacent to an activating group) is 1. The van der Waals surface area contributed by atoms with Crippen LogP contribution in [-0.4, -0.2) is 35.5 Å². The molecule has 0 rings (SSSR count). The van der Waals surface area contributed by atoms with Gasteiger partial charge in [0.05, 0.1) is 0 Å². The number of carboxylic acids is 1. The van der Waals surface area contributed by atoms with Gasteiger partial charge in [0, 0.05) is 6.54 Å². The monoisotopic (exact) mass is 202 g/mol. The van der Waals surface area contributed by atoms with Gasteiger partial charge in [-0.15, -0.1) is 0 Å². The first kappa shape index (κ1) is 12.4. The van der Waals surface area contributed by atoms with Gasteiger partial charge in [0.2, 0.25) is 11.8 Å². The van der Waals surface area contributed by atoms with Crippen LogP contribution in [0.5, 0.6) is 0 Å². The fraction of sp³-hybridized carbons (Fsp3) is 0.625. The third-order valence-electron chi connectivity index (χ3n) is 1.43. The maximum absolute atomic E-state index is 11.1. The lowest BCUT2D eigenvalue weighted by Crippen LogP contribution is -2.45. The van der Waals surface area contributed by atoms with E-state index in [0.29, 0.717) is 6.54 Å². The van der Waals surface area contributed by atoms with Crippen LogP contribution in [0.2, 0.25) is 0 Å². The molecule has 0 heterocycles. The fourth-order valence-corrected chi connectivity index (χ4v) is 0.823. The number of nitrogens with one attached hydrogen (secondary N) is 2. The lowest BCUT2D eigenvalue weighted by molar-refractivity contribution is -0.141. The van der Waals surface area contributed by atoms with Gasteiger partial charge >= 0.3 is 5.97 Å². The molecule has 0 aromatic heterocycles. The van der Waals surface area contributed by atoms with Crippen molar-refractivity contribution in [3.8, 4) is 0 Å². The number of carboxylic acid groups (broad SMARTS) is 1. The number of rotatable bonds is 5. The average molecular weight is 202 g/mol. The summed E-state index contributed by atoms with van der Waals surface area (Å²) >= 11 is 0. The van der Waals surface area contributed by atoms with E-state index in [9.17, 15) is 14.4 Å². The lowest BCUT2D eigenvalue weighted by atomic mass is 10.3. The minimum Gasteiger partial charge on any atom is -0.481 e. The summed E-state index contributed by atoms with van der Waals surface area (Å²) in [4.78, 5) is 32.1. The van der Waals surface area contributed by atoms with Crippen molar-refractivity contribution in [3.05, 3.63) is 0 Å². The van der Waals surface area contributed by atoms with Crippen molar-refractivity contribution >= 4 is 17.8 Å². The molecule has 0 fully saturated rings. The first-order valence-corrected chi connectivity index (χ1v) is 4.26. The molecule has 0 aromatic carbocycles. The van der Waals surface area contributed by atoms with Crippen LogP contribution in [0.4, 0.5) is 0 Å². The van der Waals surface area contributed by atoms with Crippen LogP contribution in [0.15, 0.2) is 0 Å². The second-order valence-electron chi connectivity index (χ2n) is 2.75. The van der Waals surface area contributed by atoms with Gasteiger partial charge in [-0.05, 0) is 13.8 Å². The molecule has 3 N–H and O–H groups in total. The highest BCUT2D eigenvalue weighted by atomic mass is 16.4. The summed E-state index contributed by atoms with van der Waals surface area (Å²) in [5.41, 5.74) is 0. The third kappa shape index (κ3) is 5.13. The van der Waals surface area contributed by atoms with Crippen molar-refractivity contribution in [1.82, 2.24) is 10.6 Å². The van der Waals surface area contributed by atoms with E-state index in [1.165, 1.54) is 6.92 Å². The predicted molar refractivity (Wildman–Crippen MR) is 48.5 cm³/mol. The van der Waals surface area contributed by atoms with Crippen LogP contribution < -0.4 is 10.6 Å². The van der Waals surface area contributed by atoms with E-state index in [1.54, 1.807) is 6.92 Å². The van der Waals surface area contributed by atoms with E-state index in [4.69, 9.17) is 5.11 Å². The van der Waals surface area contributed by atoms with Crippen molar-refractivity contribution in [3.63, 3.8) is 0 Å². The van der Waals surface area contributed by atoms with E-state index in [1.807, 2.05) is 0 Å². The number of carbonyl (C=O) groups is 3. The highest BCUT2D eigenvalue weighted by Crippen LogP contribution is 1.85.